The minimum Gasteiger partial charge on any atom is -0.348 e. The molecule has 1 aromatic carbocycles. The van der Waals surface area contributed by atoms with Gasteiger partial charge in [0.1, 0.15) is 0 Å². The second kappa shape index (κ2) is 5.44. The Morgan fingerprint density at radius 2 is 2.28 bits per heavy atom. The monoisotopic (exact) mass is 264 g/mol. The molecule has 0 aromatic heterocycles. The second-order valence-electron chi connectivity index (χ2n) is 4.53. The molecule has 2 rings (SSSR count). The van der Waals surface area contributed by atoms with Crippen molar-refractivity contribution in [1.29, 1.82) is 0 Å². The molecule has 1 aromatic rings. The van der Waals surface area contributed by atoms with Gasteiger partial charge in [-0.2, -0.15) is 0 Å². The summed E-state index contributed by atoms with van der Waals surface area (Å²) in [6.45, 7) is 0.575. The maximum atomic E-state index is 12.0. The molecule has 1 fully saturated rings. The zero-order valence-electron chi connectivity index (χ0n) is 10.2. The summed E-state index contributed by atoms with van der Waals surface area (Å²) in [6.07, 6.45) is 1.20. The van der Waals surface area contributed by atoms with Crippen molar-refractivity contribution in [3.05, 3.63) is 29.8 Å². The lowest BCUT2D eigenvalue weighted by Gasteiger charge is -2.30. The summed E-state index contributed by atoms with van der Waals surface area (Å²) in [5, 5.41) is 2.95. The van der Waals surface area contributed by atoms with Crippen molar-refractivity contribution < 1.29 is 9.59 Å². The molecule has 1 unspecified atom stereocenters. The van der Waals surface area contributed by atoms with Gasteiger partial charge >= 0.3 is 0 Å². The molecule has 4 nitrogen and oxygen atoms in total. The van der Waals surface area contributed by atoms with Gasteiger partial charge in [0.15, 0.2) is 0 Å². The molecule has 0 radical (unpaired) electrons. The molecular weight excluding hydrogens is 248 g/mol. The topological polar surface area (TPSA) is 49.4 Å². The fourth-order valence-corrected chi connectivity index (χ4v) is 2.27. The number of rotatable bonds is 2. The normalized spacial score (nSPS) is 19.8. The molecule has 1 N–H and O–H groups in total. The molecule has 1 aliphatic rings. The second-order valence-corrected chi connectivity index (χ2v) is 5.05. The molecule has 2 amide bonds. The van der Waals surface area contributed by atoms with E-state index in [0.717, 1.165) is 4.90 Å². The van der Waals surface area contributed by atoms with Crippen LogP contribution in [0, 0.1) is 0 Å². The Balaban J connectivity index is 1.98. The van der Waals surface area contributed by atoms with Crippen LogP contribution in [0.4, 0.5) is 0 Å². The summed E-state index contributed by atoms with van der Waals surface area (Å²) < 4.78 is 0. The van der Waals surface area contributed by atoms with Gasteiger partial charge in [0.2, 0.25) is 5.91 Å². The highest BCUT2D eigenvalue weighted by molar-refractivity contribution is 7.80. The highest BCUT2D eigenvalue weighted by Gasteiger charge is 2.24. The number of benzene rings is 1. The first-order valence-corrected chi connectivity index (χ1v) is 6.35. The number of nitrogens with zero attached hydrogens (tertiary/aromatic N) is 1. The molecule has 96 valence electrons. The minimum atomic E-state index is -0.112. The fraction of sp³-hybridized carbons (Fsp3) is 0.385. The number of hydrogen-bond donors (Lipinski definition) is 2. The maximum Gasteiger partial charge on any atom is 0.251 e. The molecule has 1 atom stereocenters. The van der Waals surface area contributed by atoms with E-state index >= 15 is 0 Å². The number of piperidine rings is 1. The van der Waals surface area contributed by atoms with Gasteiger partial charge in [-0.15, -0.1) is 12.6 Å². The Labute approximate surface area is 112 Å². The van der Waals surface area contributed by atoms with Crippen molar-refractivity contribution in [3.8, 4) is 0 Å². The Kier molecular flexibility index (Phi) is 3.91. The third-order valence-corrected chi connectivity index (χ3v) is 3.35. The molecule has 5 heteroatoms. The molecule has 0 spiro atoms. The third kappa shape index (κ3) is 3.04. The van der Waals surface area contributed by atoms with Gasteiger partial charge in [-0.25, -0.2) is 0 Å². The van der Waals surface area contributed by atoms with E-state index in [1.54, 1.807) is 30.1 Å². The summed E-state index contributed by atoms with van der Waals surface area (Å²) in [6, 6.07) is 7.15. The van der Waals surface area contributed by atoms with Crippen LogP contribution in [-0.4, -0.2) is 36.3 Å². The van der Waals surface area contributed by atoms with E-state index in [-0.39, 0.29) is 17.9 Å². The molecule has 18 heavy (non-hydrogen) atoms. The molecule has 0 saturated carbocycles. The average molecular weight is 264 g/mol. The van der Waals surface area contributed by atoms with E-state index in [2.05, 4.69) is 17.9 Å². The molecule has 1 heterocycles. The Bertz CT molecular complexity index is 476. The molecule has 1 saturated heterocycles. The van der Waals surface area contributed by atoms with E-state index < -0.39 is 0 Å². The average Bonchev–Trinajstić information content (AvgIpc) is 2.34. The standard InChI is InChI=1S/C13H16N2O2S/c1-15-8-10(5-6-12(15)16)14-13(17)9-3-2-4-11(18)7-9/h2-4,7,10,18H,5-6,8H2,1H3,(H,14,17). The van der Waals surface area contributed by atoms with Crippen molar-refractivity contribution in [2.24, 2.45) is 0 Å². The first-order valence-electron chi connectivity index (χ1n) is 5.90. The largest absolute Gasteiger partial charge is 0.348 e. The van der Waals surface area contributed by atoms with Gasteiger partial charge in [0, 0.05) is 36.5 Å². The van der Waals surface area contributed by atoms with Crippen LogP contribution in [0.25, 0.3) is 0 Å². The number of thiol groups is 1. The smallest absolute Gasteiger partial charge is 0.251 e. The third-order valence-electron chi connectivity index (χ3n) is 3.07. The SMILES string of the molecule is CN1CC(NC(=O)c2cccc(S)c2)CCC1=O. The van der Waals surface area contributed by atoms with Crippen LogP contribution in [-0.2, 0) is 4.79 Å². The number of likely N-dealkylation sites (N-methyl/N-ethyl adjacent to an activating group) is 1. The van der Waals surface area contributed by atoms with Gasteiger partial charge in [-0.3, -0.25) is 9.59 Å². The lowest BCUT2D eigenvalue weighted by atomic mass is 10.1. The van der Waals surface area contributed by atoms with E-state index in [9.17, 15) is 9.59 Å². The van der Waals surface area contributed by atoms with E-state index in [0.29, 0.717) is 24.9 Å². The fourth-order valence-electron chi connectivity index (χ4n) is 2.05. The molecular formula is C13H16N2O2S. The van der Waals surface area contributed by atoms with Gasteiger partial charge in [0.25, 0.3) is 5.91 Å². The zero-order valence-corrected chi connectivity index (χ0v) is 11.1. The van der Waals surface area contributed by atoms with Crippen LogP contribution in [0.1, 0.15) is 23.2 Å². The first kappa shape index (κ1) is 13.0. The number of likely N-dealkylation sites (tertiary alicyclic amines) is 1. The highest BCUT2D eigenvalue weighted by atomic mass is 32.1. The van der Waals surface area contributed by atoms with Gasteiger partial charge in [-0.05, 0) is 24.6 Å². The minimum absolute atomic E-state index is 0.0313. The van der Waals surface area contributed by atoms with Crippen LogP contribution < -0.4 is 5.32 Å². The van der Waals surface area contributed by atoms with E-state index in [1.165, 1.54) is 0 Å². The van der Waals surface area contributed by atoms with Gasteiger partial charge < -0.3 is 10.2 Å². The van der Waals surface area contributed by atoms with Crippen LogP contribution in [0.5, 0.6) is 0 Å². The van der Waals surface area contributed by atoms with Crippen LogP contribution in [0.2, 0.25) is 0 Å². The van der Waals surface area contributed by atoms with Crippen molar-refractivity contribution >= 4 is 24.4 Å². The molecule has 0 aliphatic carbocycles. The van der Waals surface area contributed by atoms with Gasteiger partial charge in [-0.1, -0.05) is 6.07 Å². The number of nitrogens with one attached hydrogen (secondary N) is 1. The lowest BCUT2D eigenvalue weighted by molar-refractivity contribution is -0.132. The Morgan fingerprint density at radius 1 is 1.50 bits per heavy atom. The van der Waals surface area contributed by atoms with Crippen molar-refractivity contribution in [2.75, 3.05) is 13.6 Å². The molecule has 1 aliphatic heterocycles. The maximum absolute atomic E-state index is 12.0. The summed E-state index contributed by atoms with van der Waals surface area (Å²) in [7, 11) is 1.76. The van der Waals surface area contributed by atoms with Crippen LogP contribution in [0.15, 0.2) is 29.2 Å². The Morgan fingerprint density at radius 3 is 2.94 bits per heavy atom. The van der Waals surface area contributed by atoms with E-state index in [4.69, 9.17) is 0 Å². The number of carbonyl (C=O) groups is 2. The quantitative estimate of drug-likeness (QED) is 0.792. The zero-order chi connectivity index (χ0) is 13.1. The van der Waals surface area contributed by atoms with Crippen molar-refractivity contribution in [2.45, 2.75) is 23.8 Å². The highest BCUT2D eigenvalue weighted by Crippen LogP contribution is 2.12. The summed E-state index contributed by atoms with van der Waals surface area (Å²) in [5.74, 6) is 0.0245. The van der Waals surface area contributed by atoms with Crippen LogP contribution in [0.3, 0.4) is 0 Å². The van der Waals surface area contributed by atoms with Crippen molar-refractivity contribution in [3.63, 3.8) is 0 Å². The van der Waals surface area contributed by atoms with E-state index in [1.807, 2.05) is 6.07 Å². The predicted molar refractivity (Wildman–Crippen MR) is 71.8 cm³/mol. The summed E-state index contributed by atoms with van der Waals surface area (Å²) in [5.41, 5.74) is 0.599. The van der Waals surface area contributed by atoms with Crippen LogP contribution >= 0.6 is 12.6 Å². The Hall–Kier alpha value is -1.49. The molecule has 0 bridgehead atoms. The first-order chi connectivity index (χ1) is 8.56. The summed E-state index contributed by atoms with van der Waals surface area (Å²) in [4.78, 5) is 25.8. The number of carbonyl (C=O) groups excluding carboxylic acids is 2. The van der Waals surface area contributed by atoms with Crippen molar-refractivity contribution in [1.82, 2.24) is 10.2 Å². The number of hydrogen-bond acceptors (Lipinski definition) is 3. The summed E-state index contributed by atoms with van der Waals surface area (Å²) >= 11 is 4.21. The number of amides is 2. The lowest BCUT2D eigenvalue weighted by Crippen LogP contribution is -2.48. The van der Waals surface area contributed by atoms with Gasteiger partial charge in [0.05, 0.1) is 0 Å². The predicted octanol–water partition coefficient (Wildman–Crippen LogP) is 1.33.